The molecule has 0 radical (unpaired) electrons. The van der Waals surface area contributed by atoms with Crippen LogP contribution >= 0.6 is 0 Å². The number of nitrogen functional groups attached to an aromatic ring is 2. The van der Waals surface area contributed by atoms with E-state index in [0.29, 0.717) is 0 Å². The maximum atomic E-state index is 6.63. The van der Waals surface area contributed by atoms with Crippen molar-refractivity contribution in [1.82, 2.24) is 0 Å². The van der Waals surface area contributed by atoms with E-state index in [1.54, 1.807) is 0 Å². The van der Waals surface area contributed by atoms with Gasteiger partial charge in [-0.2, -0.15) is 0 Å². The van der Waals surface area contributed by atoms with Gasteiger partial charge in [0, 0.05) is 11.4 Å². The molecule has 0 spiro atoms. The Morgan fingerprint density at radius 3 is 1.28 bits per heavy atom. The Hall–Kier alpha value is -3.52. The van der Waals surface area contributed by atoms with Crippen LogP contribution < -0.4 is 11.5 Å². The highest BCUT2D eigenvalue weighted by Gasteiger charge is 2.41. The molecular weight excluding hydrogens is 352 g/mol. The summed E-state index contributed by atoms with van der Waals surface area (Å²) in [5, 5.41) is 0. The van der Waals surface area contributed by atoms with Gasteiger partial charge in [0.05, 0.1) is 5.41 Å². The van der Waals surface area contributed by atoms with Crippen molar-refractivity contribution in [3.8, 4) is 0 Å². The van der Waals surface area contributed by atoms with E-state index in [4.69, 9.17) is 11.5 Å². The Morgan fingerprint density at radius 1 is 0.517 bits per heavy atom. The second-order valence-corrected chi connectivity index (χ2v) is 7.66. The average molecular weight is 379 g/mol. The van der Waals surface area contributed by atoms with Gasteiger partial charge in [-0.3, -0.25) is 0 Å². The molecule has 0 bridgehead atoms. The first-order valence-corrected chi connectivity index (χ1v) is 9.87. The summed E-state index contributed by atoms with van der Waals surface area (Å²) in [6.07, 6.45) is 0. The molecule has 144 valence electrons. The van der Waals surface area contributed by atoms with Crippen LogP contribution in [0, 0.1) is 13.8 Å². The maximum Gasteiger partial charge on any atom is 0.0741 e. The molecule has 0 aliphatic carbocycles. The number of aryl methyl sites for hydroxylation is 2. The first-order valence-electron chi connectivity index (χ1n) is 9.87. The van der Waals surface area contributed by atoms with Crippen LogP contribution in [0.4, 0.5) is 11.4 Å². The fraction of sp³-hybridized carbons (Fsp3) is 0.111. The lowest BCUT2D eigenvalue weighted by atomic mass is 9.64. The average Bonchev–Trinajstić information content (AvgIpc) is 2.75. The maximum absolute atomic E-state index is 6.63. The van der Waals surface area contributed by atoms with Gasteiger partial charge in [0.2, 0.25) is 0 Å². The van der Waals surface area contributed by atoms with Crippen molar-refractivity contribution in [2.45, 2.75) is 19.3 Å². The third kappa shape index (κ3) is 3.17. The Labute approximate surface area is 172 Å². The van der Waals surface area contributed by atoms with Crippen LogP contribution in [0.25, 0.3) is 0 Å². The zero-order valence-electron chi connectivity index (χ0n) is 16.9. The van der Waals surface area contributed by atoms with Crippen LogP contribution in [-0.4, -0.2) is 0 Å². The summed E-state index contributed by atoms with van der Waals surface area (Å²) in [5.74, 6) is 0. The van der Waals surface area contributed by atoms with E-state index < -0.39 is 5.41 Å². The highest BCUT2D eigenvalue weighted by molar-refractivity contribution is 5.72. The lowest BCUT2D eigenvalue weighted by molar-refractivity contribution is 0.748. The van der Waals surface area contributed by atoms with E-state index in [0.717, 1.165) is 44.8 Å². The highest BCUT2D eigenvalue weighted by Crippen LogP contribution is 2.49. The molecule has 0 aliphatic heterocycles. The van der Waals surface area contributed by atoms with Crippen molar-refractivity contribution in [3.05, 3.63) is 130 Å². The summed E-state index contributed by atoms with van der Waals surface area (Å²) < 4.78 is 0. The predicted octanol–water partition coefficient (Wildman–Crippen LogP) is 5.85. The van der Waals surface area contributed by atoms with Gasteiger partial charge in [-0.05, 0) is 48.2 Å². The summed E-state index contributed by atoms with van der Waals surface area (Å²) in [7, 11) is 0. The van der Waals surface area contributed by atoms with E-state index in [1.165, 1.54) is 0 Å². The number of hydrogen-bond acceptors (Lipinski definition) is 2. The minimum absolute atomic E-state index is 0.616. The van der Waals surface area contributed by atoms with Gasteiger partial charge in [0.25, 0.3) is 0 Å². The van der Waals surface area contributed by atoms with Gasteiger partial charge in [-0.1, -0.05) is 96.1 Å². The van der Waals surface area contributed by atoms with Gasteiger partial charge in [-0.15, -0.1) is 0 Å². The van der Waals surface area contributed by atoms with Crippen LogP contribution in [0.3, 0.4) is 0 Å². The normalized spacial score (nSPS) is 11.4. The summed E-state index contributed by atoms with van der Waals surface area (Å²) in [6, 6.07) is 33.5. The minimum Gasteiger partial charge on any atom is -0.398 e. The minimum atomic E-state index is -0.616. The largest absolute Gasteiger partial charge is 0.398 e. The first kappa shape index (κ1) is 18.8. The van der Waals surface area contributed by atoms with Gasteiger partial charge in [0.15, 0.2) is 0 Å². The molecule has 0 saturated heterocycles. The van der Waals surface area contributed by atoms with Crippen molar-refractivity contribution < 1.29 is 0 Å². The predicted molar refractivity (Wildman–Crippen MR) is 123 cm³/mol. The summed E-state index contributed by atoms with van der Waals surface area (Å²) in [6.45, 7) is 4.20. The number of nitrogens with two attached hydrogens (primary N) is 2. The lowest BCUT2D eigenvalue weighted by Gasteiger charge is -2.38. The molecule has 2 nitrogen and oxygen atoms in total. The lowest BCUT2D eigenvalue weighted by Crippen LogP contribution is -2.33. The molecule has 29 heavy (non-hydrogen) atoms. The fourth-order valence-corrected chi connectivity index (χ4v) is 4.30. The van der Waals surface area contributed by atoms with Crippen molar-refractivity contribution in [3.63, 3.8) is 0 Å². The summed E-state index contributed by atoms with van der Waals surface area (Å²) >= 11 is 0. The number of hydrogen-bond donors (Lipinski definition) is 2. The quantitative estimate of drug-likeness (QED) is 0.346. The topological polar surface area (TPSA) is 52.0 Å². The Balaban J connectivity index is 2.24. The molecule has 4 aromatic carbocycles. The Bertz CT molecular complexity index is 1040. The molecule has 0 heterocycles. The van der Waals surface area contributed by atoms with Gasteiger partial charge < -0.3 is 11.5 Å². The fourth-order valence-electron chi connectivity index (χ4n) is 4.30. The van der Waals surface area contributed by atoms with Crippen molar-refractivity contribution in [2.24, 2.45) is 0 Å². The smallest absolute Gasteiger partial charge is 0.0741 e. The molecule has 4 aromatic rings. The zero-order chi connectivity index (χ0) is 20.4. The molecule has 0 saturated carbocycles. The molecule has 2 heteroatoms. The molecule has 0 aromatic heterocycles. The van der Waals surface area contributed by atoms with Gasteiger partial charge in [0.1, 0.15) is 0 Å². The summed E-state index contributed by atoms with van der Waals surface area (Å²) in [5.41, 5.74) is 20.9. The van der Waals surface area contributed by atoms with E-state index >= 15 is 0 Å². The van der Waals surface area contributed by atoms with Crippen molar-refractivity contribution in [2.75, 3.05) is 11.5 Å². The van der Waals surface area contributed by atoms with E-state index in [9.17, 15) is 0 Å². The number of anilines is 2. The third-order valence-electron chi connectivity index (χ3n) is 5.64. The third-order valence-corrected chi connectivity index (χ3v) is 5.64. The van der Waals surface area contributed by atoms with Crippen LogP contribution in [0.2, 0.25) is 0 Å². The van der Waals surface area contributed by atoms with Crippen LogP contribution in [0.1, 0.15) is 33.4 Å². The van der Waals surface area contributed by atoms with Gasteiger partial charge >= 0.3 is 0 Å². The van der Waals surface area contributed by atoms with Crippen LogP contribution in [-0.2, 0) is 5.41 Å². The monoisotopic (exact) mass is 378 g/mol. The molecule has 0 aliphatic rings. The zero-order valence-corrected chi connectivity index (χ0v) is 16.9. The van der Waals surface area contributed by atoms with E-state index in [1.807, 2.05) is 24.3 Å². The molecule has 4 N–H and O–H groups in total. The second-order valence-electron chi connectivity index (χ2n) is 7.66. The summed E-state index contributed by atoms with van der Waals surface area (Å²) in [4.78, 5) is 0. The molecule has 0 atom stereocenters. The van der Waals surface area contributed by atoms with E-state index in [-0.39, 0.29) is 0 Å². The standard InChI is InChI=1S/C27H26N2/c1-19-13-15-25(28)23(17-19)27(21-9-5-3-6-10-21,22-11-7-4-8-12-22)24-18-20(2)14-16-26(24)29/h3-18H,28-29H2,1-2H3. The van der Waals surface area contributed by atoms with Gasteiger partial charge in [-0.25, -0.2) is 0 Å². The molecular formula is C27H26N2. The molecule has 0 fully saturated rings. The van der Waals surface area contributed by atoms with Crippen LogP contribution in [0.5, 0.6) is 0 Å². The SMILES string of the molecule is Cc1ccc(N)c(C(c2ccccc2)(c2ccccc2)c2cc(C)ccc2N)c1. The second kappa shape index (κ2) is 7.48. The molecule has 4 rings (SSSR count). The molecule has 0 amide bonds. The Kier molecular flexibility index (Phi) is 4.85. The first-order chi connectivity index (χ1) is 14.0. The van der Waals surface area contributed by atoms with E-state index in [2.05, 4.69) is 86.6 Å². The van der Waals surface area contributed by atoms with Crippen molar-refractivity contribution >= 4 is 11.4 Å². The number of rotatable bonds is 4. The highest BCUT2D eigenvalue weighted by atomic mass is 14.6. The molecule has 0 unspecified atom stereocenters. The Morgan fingerprint density at radius 2 is 0.897 bits per heavy atom. The number of benzene rings is 4. The van der Waals surface area contributed by atoms with Crippen molar-refractivity contribution in [1.29, 1.82) is 0 Å². The van der Waals surface area contributed by atoms with Crippen LogP contribution in [0.15, 0.2) is 97.1 Å².